The molecule has 1 nitrogen and oxygen atoms in total. The van der Waals surface area contributed by atoms with Crippen LogP contribution in [0.1, 0.15) is 64.9 Å². The van der Waals surface area contributed by atoms with Gasteiger partial charge in [0.25, 0.3) is 0 Å². The summed E-state index contributed by atoms with van der Waals surface area (Å²) in [5.74, 6) is 0. The number of hydrogen-bond donors (Lipinski definition) is 0. The van der Waals surface area contributed by atoms with E-state index in [9.17, 15) is 0 Å². The summed E-state index contributed by atoms with van der Waals surface area (Å²) in [6, 6.07) is 9.17. The summed E-state index contributed by atoms with van der Waals surface area (Å²) in [5, 5.41) is 0. The monoisotopic (exact) mass is 396 g/mol. The normalized spacial score (nSPS) is 11.8. The molecule has 0 unspecified atom stereocenters. The molecule has 0 amide bonds. The van der Waals surface area contributed by atoms with Crippen LogP contribution >= 0.6 is 0 Å². The Morgan fingerprint density at radius 3 is 1.81 bits per heavy atom. The Morgan fingerprint density at radius 1 is 0.857 bits per heavy atom. The molecule has 21 heavy (non-hydrogen) atoms. The van der Waals surface area contributed by atoms with Gasteiger partial charge < -0.3 is 0 Å². The van der Waals surface area contributed by atoms with E-state index in [4.69, 9.17) is 5.73 Å². The summed E-state index contributed by atoms with van der Waals surface area (Å²) in [4.78, 5) is 0. The maximum absolute atomic E-state index is 7.68. The van der Waals surface area contributed by atoms with Gasteiger partial charge in [0.05, 0.1) is 0 Å². The van der Waals surface area contributed by atoms with Gasteiger partial charge in [0.2, 0.25) is 0 Å². The molecule has 1 aromatic carbocycles. The zero-order valence-electron chi connectivity index (χ0n) is 14.4. The van der Waals surface area contributed by atoms with Crippen LogP contribution in [0.15, 0.2) is 24.3 Å². The molecule has 1 aromatic rings. The Hall–Kier alpha value is -0.0213. The van der Waals surface area contributed by atoms with E-state index in [2.05, 4.69) is 45.0 Å². The van der Waals surface area contributed by atoms with Gasteiger partial charge in [0.1, 0.15) is 0 Å². The summed E-state index contributed by atoms with van der Waals surface area (Å²) in [6.07, 6.45) is 8.22. The quantitative estimate of drug-likeness (QED) is 0.441. The van der Waals surface area contributed by atoms with Crippen molar-refractivity contribution < 1.29 is 0 Å². The van der Waals surface area contributed by atoms with Crippen LogP contribution in [0.2, 0.25) is 13.3 Å². The molecule has 0 fully saturated rings. The minimum atomic E-state index is -2.25. The van der Waals surface area contributed by atoms with Crippen LogP contribution < -0.4 is 9.31 Å². The first-order chi connectivity index (χ1) is 10.2. The standard InChI is InChI=1S/C7H7N.3C4H9.Sn/c8-6-7-4-2-1-3-5-7;3*1-3-4-2;/h1-2,4-5,8H,6H2;3*1,3-4H2,2H3;. The number of nitrogens with one attached hydrogen (secondary N) is 1. The molecule has 1 N–H and O–H groups in total. The fourth-order valence-corrected chi connectivity index (χ4v) is 19.5. The minimum absolute atomic E-state index is 0.436. The summed E-state index contributed by atoms with van der Waals surface area (Å²) < 4.78 is 6.27. The third kappa shape index (κ3) is 5.94. The number of rotatable bonds is 11. The van der Waals surface area contributed by atoms with Crippen LogP contribution in [-0.2, 0) is 6.54 Å². The number of benzene rings is 1. The van der Waals surface area contributed by atoms with Gasteiger partial charge in [-0.15, -0.1) is 0 Å². The molecule has 2 heteroatoms. The summed E-state index contributed by atoms with van der Waals surface area (Å²) in [7, 11) is 0. The van der Waals surface area contributed by atoms with Gasteiger partial charge >= 0.3 is 137 Å². The maximum atomic E-state index is 7.68. The van der Waals surface area contributed by atoms with Crippen molar-refractivity contribution in [3.63, 3.8) is 0 Å². The Labute approximate surface area is 136 Å². The van der Waals surface area contributed by atoms with Gasteiger partial charge in [0.15, 0.2) is 0 Å². The Kier molecular flexibility index (Phi) is 9.66. The van der Waals surface area contributed by atoms with Gasteiger partial charge in [-0.25, -0.2) is 0 Å². The third-order valence-corrected chi connectivity index (χ3v) is 20.4. The fraction of sp³-hybridized carbons (Fsp3) is 0.684. The van der Waals surface area contributed by atoms with Gasteiger partial charge in [-0.05, 0) is 0 Å². The van der Waals surface area contributed by atoms with Crippen LogP contribution in [-0.4, -0.2) is 18.4 Å². The van der Waals surface area contributed by atoms with Crippen LogP contribution in [0.4, 0.5) is 0 Å². The van der Waals surface area contributed by atoms with E-state index in [1.807, 2.05) is 0 Å². The van der Waals surface area contributed by atoms with Crippen molar-refractivity contribution in [3.05, 3.63) is 29.8 Å². The molecular formula is C19H34NSn. The van der Waals surface area contributed by atoms with Gasteiger partial charge in [-0.2, -0.15) is 0 Å². The molecule has 0 saturated carbocycles. The number of hydrogen-bond acceptors (Lipinski definition) is 0. The van der Waals surface area contributed by atoms with Crippen LogP contribution in [0.3, 0.4) is 0 Å². The Balaban J connectivity index is 3.09. The molecule has 0 heterocycles. The first-order valence-electron chi connectivity index (χ1n) is 8.96. The van der Waals surface area contributed by atoms with E-state index >= 15 is 0 Å². The van der Waals surface area contributed by atoms with Gasteiger partial charge in [-0.3, -0.25) is 0 Å². The molecule has 1 radical (unpaired) electrons. The molecule has 0 spiro atoms. The molecule has 0 saturated heterocycles. The first kappa shape index (κ1) is 19.0. The second-order valence-corrected chi connectivity index (χ2v) is 19.7. The Bertz CT molecular complexity index is 367. The van der Waals surface area contributed by atoms with Crippen LogP contribution in [0.25, 0.3) is 0 Å². The average molecular weight is 395 g/mol. The zero-order valence-corrected chi connectivity index (χ0v) is 17.2. The molecule has 0 bridgehead atoms. The topological polar surface area (TPSA) is 23.8 Å². The van der Waals surface area contributed by atoms with Gasteiger partial charge in [0, 0.05) is 0 Å². The van der Waals surface area contributed by atoms with E-state index < -0.39 is 18.4 Å². The second kappa shape index (κ2) is 10.7. The van der Waals surface area contributed by atoms with Crippen LogP contribution in [0, 0.1) is 0 Å². The van der Waals surface area contributed by atoms with Crippen molar-refractivity contribution in [1.29, 1.82) is 0 Å². The molecule has 0 aliphatic rings. The summed E-state index contributed by atoms with van der Waals surface area (Å²) >= 11 is -2.25. The molecule has 0 aromatic heterocycles. The molecular weight excluding hydrogens is 361 g/mol. The van der Waals surface area contributed by atoms with Crippen molar-refractivity contribution in [2.75, 3.05) is 0 Å². The predicted molar refractivity (Wildman–Crippen MR) is 97.8 cm³/mol. The van der Waals surface area contributed by atoms with Crippen LogP contribution in [0.5, 0.6) is 0 Å². The van der Waals surface area contributed by atoms with Crippen molar-refractivity contribution in [2.24, 2.45) is 0 Å². The van der Waals surface area contributed by atoms with Gasteiger partial charge in [-0.1, -0.05) is 0 Å². The van der Waals surface area contributed by atoms with Crippen molar-refractivity contribution in [1.82, 2.24) is 5.73 Å². The summed E-state index contributed by atoms with van der Waals surface area (Å²) in [5.41, 5.74) is 8.90. The van der Waals surface area contributed by atoms with Crippen molar-refractivity contribution >= 4 is 22.0 Å². The van der Waals surface area contributed by atoms with E-state index in [-0.39, 0.29) is 0 Å². The number of unbranched alkanes of at least 4 members (excludes halogenated alkanes) is 3. The SMILES string of the molecule is CCC[CH2][Sn]([CH2]CCC)([CH2]CCC)[c]1cccc(C[NH])c1. The van der Waals surface area contributed by atoms with E-state index in [0.717, 1.165) is 0 Å². The molecule has 0 atom stereocenters. The zero-order chi connectivity index (χ0) is 15.6. The summed E-state index contributed by atoms with van der Waals surface area (Å²) in [6.45, 7) is 7.43. The Morgan fingerprint density at radius 2 is 1.38 bits per heavy atom. The third-order valence-electron chi connectivity index (χ3n) is 4.77. The average Bonchev–Trinajstić information content (AvgIpc) is 2.54. The van der Waals surface area contributed by atoms with Crippen molar-refractivity contribution in [2.45, 2.75) is 79.2 Å². The second-order valence-electron chi connectivity index (χ2n) is 6.47. The predicted octanol–water partition coefficient (Wildman–Crippen LogP) is 5.53. The van der Waals surface area contributed by atoms with E-state index in [0.29, 0.717) is 6.54 Å². The van der Waals surface area contributed by atoms with E-state index in [1.54, 1.807) is 3.58 Å². The van der Waals surface area contributed by atoms with E-state index in [1.165, 1.54) is 57.4 Å². The molecule has 1 rings (SSSR count). The van der Waals surface area contributed by atoms with Crippen molar-refractivity contribution in [3.8, 4) is 0 Å². The fourth-order valence-electron chi connectivity index (χ4n) is 3.36. The first-order valence-corrected chi connectivity index (χ1v) is 16.4. The molecule has 119 valence electrons. The molecule has 0 aliphatic carbocycles. The molecule has 0 aliphatic heterocycles.